The van der Waals surface area contributed by atoms with E-state index in [1.807, 2.05) is 6.07 Å². The summed E-state index contributed by atoms with van der Waals surface area (Å²) in [5, 5.41) is 3.04. The minimum Gasteiger partial charge on any atom is -0.345 e. The number of sulfonamides is 1. The Labute approximate surface area is 184 Å². The van der Waals surface area contributed by atoms with E-state index >= 15 is 0 Å². The normalized spacial score (nSPS) is 15.6. The van der Waals surface area contributed by atoms with E-state index in [0.29, 0.717) is 31.1 Å². The molecular formula is C21H22BrN3O2S2. The quantitative estimate of drug-likeness (QED) is 0.530. The van der Waals surface area contributed by atoms with Gasteiger partial charge in [-0.3, -0.25) is 0 Å². The summed E-state index contributed by atoms with van der Waals surface area (Å²) >= 11 is 4.97. The zero-order chi connectivity index (χ0) is 20.6. The highest BCUT2D eigenvalue weighted by Gasteiger charge is 2.29. The molecule has 2 aromatic carbocycles. The van der Waals surface area contributed by atoms with Gasteiger partial charge >= 0.3 is 0 Å². The van der Waals surface area contributed by atoms with Crippen LogP contribution in [0.5, 0.6) is 0 Å². The van der Waals surface area contributed by atoms with Crippen LogP contribution in [0, 0.1) is 13.8 Å². The van der Waals surface area contributed by atoms with Gasteiger partial charge in [-0.2, -0.15) is 4.31 Å². The summed E-state index contributed by atoms with van der Waals surface area (Å²) in [5.41, 5.74) is 4.61. The molecule has 0 radical (unpaired) electrons. The molecule has 3 aromatic rings. The fourth-order valence-electron chi connectivity index (χ4n) is 3.64. The predicted molar refractivity (Wildman–Crippen MR) is 122 cm³/mol. The third-order valence-electron chi connectivity index (χ3n) is 5.17. The number of aromatic nitrogens is 1. The van der Waals surface area contributed by atoms with E-state index in [1.54, 1.807) is 33.8 Å². The van der Waals surface area contributed by atoms with Crippen molar-refractivity contribution in [2.75, 3.05) is 31.1 Å². The minimum atomic E-state index is -3.48. The summed E-state index contributed by atoms with van der Waals surface area (Å²) < 4.78 is 28.2. The molecule has 0 atom stereocenters. The molecule has 1 aliphatic rings. The van der Waals surface area contributed by atoms with Gasteiger partial charge in [0.15, 0.2) is 5.13 Å². The molecule has 0 N–H and O–H groups in total. The van der Waals surface area contributed by atoms with Gasteiger partial charge in [-0.05, 0) is 43.2 Å². The molecule has 5 nitrogen and oxygen atoms in total. The summed E-state index contributed by atoms with van der Waals surface area (Å²) in [7, 11) is -3.48. The molecule has 8 heteroatoms. The highest BCUT2D eigenvalue weighted by Crippen LogP contribution is 2.32. The maximum atomic E-state index is 12.9. The van der Waals surface area contributed by atoms with Crippen LogP contribution in [-0.4, -0.2) is 43.9 Å². The Balaban J connectivity index is 1.49. The van der Waals surface area contributed by atoms with Crippen LogP contribution in [0.2, 0.25) is 0 Å². The van der Waals surface area contributed by atoms with Crippen LogP contribution >= 0.6 is 27.3 Å². The van der Waals surface area contributed by atoms with Crippen molar-refractivity contribution in [3.63, 3.8) is 0 Å². The number of nitrogens with zero attached hydrogens (tertiary/aromatic N) is 3. The van der Waals surface area contributed by atoms with E-state index in [-0.39, 0.29) is 0 Å². The lowest BCUT2D eigenvalue weighted by molar-refractivity contribution is 0.385. The minimum absolute atomic E-state index is 0.326. The van der Waals surface area contributed by atoms with E-state index in [9.17, 15) is 8.42 Å². The number of benzene rings is 2. The molecule has 0 bridgehead atoms. The Bertz CT molecular complexity index is 1120. The Kier molecular flexibility index (Phi) is 5.79. The van der Waals surface area contributed by atoms with Crippen molar-refractivity contribution in [2.24, 2.45) is 0 Å². The van der Waals surface area contributed by atoms with Crippen LogP contribution in [0.3, 0.4) is 0 Å². The smallest absolute Gasteiger partial charge is 0.243 e. The predicted octanol–water partition coefficient (Wildman–Crippen LogP) is 4.70. The molecule has 1 aromatic heterocycles. The summed E-state index contributed by atoms with van der Waals surface area (Å²) in [4.78, 5) is 7.35. The molecule has 1 aliphatic heterocycles. The van der Waals surface area contributed by atoms with Gasteiger partial charge in [-0.25, -0.2) is 13.4 Å². The fraction of sp³-hybridized carbons (Fsp3) is 0.286. The van der Waals surface area contributed by atoms with Crippen LogP contribution in [0.4, 0.5) is 5.13 Å². The summed E-state index contributed by atoms with van der Waals surface area (Å²) in [6.45, 7) is 6.38. The van der Waals surface area contributed by atoms with E-state index < -0.39 is 10.0 Å². The van der Waals surface area contributed by atoms with Gasteiger partial charge < -0.3 is 4.90 Å². The Hall–Kier alpha value is -1.74. The first kappa shape index (κ1) is 20.5. The highest BCUT2D eigenvalue weighted by molar-refractivity contribution is 9.10. The number of halogens is 1. The van der Waals surface area contributed by atoms with E-state index in [2.05, 4.69) is 58.3 Å². The van der Waals surface area contributed by atoms with E-state index in [0.717, 1.165) is 15.3 Å². The molecule has 0 unspecified atom stereocenters. The zero-order valence-electron chi connectivity index (χ0n) is 16.3. The molecule has 0 saturated carbocycles. The van der Waals surface area contributed by atoms with Gasteiger partial charge in [0.2, 0.25) is 10.0 Å². The molecule has 29 heavy (non-hydrogen) atoms. The molecule has 1 saturated heterocycles. The first-order valence-corrected chi connectivity index (χ1v) is 12.5. The van der Waals surface area contributed by atoms with E-state index in [1.165, 1.54) is 16.7 Å². The van der Waals surface area contributed by atoms with Crippen LogP contribution in [0.1, 0.15) is 11.1 Å². The van der Waals surface area contributed by atoms with E-state index in [4.69, 9.17) is 4.98 Å². The second-order valence-electron chi connectivity index (χ2n) is 7.13. The molecule has 152 valence electrons. The third kappa shape index (κ3) is 4.12. The average Bonchev–Trinajstić information content (AvgIpc) is 3.18. The molecule has 0 spiro atoms. The summed E-state index contributed by atoms with van der Waals surface area (Å²) in [6.07, 6.45) is 0. The number of thiazole rings is 1. The highest BCUT2D eigenvalue weighted by atomic mass is 79.9. The van der Waals surface area contributed by atoms with Gasteiger partial charge in [0.25, 0.3) is 0 Å². The molecule has 4 rings (SSSR count). The SMILES string of the molecule is Cc1cccc(C)c1-c1csc(N2CCN(S(=O)(=O)c3cccc(Br)c3)CC2)n1. The van der Waals surface area contributed by atoms with Gasteiger partial charge in [-0.15, -0.1) is 11.3 Å². The first-order chi connectivity index (χ1) is 13.9. The van der Waals surface area contributed by atoms with Gasteiger partial charge in [0, 0.05) is 41.6 Å². The molecule has 1 fully saturated rings. The summed E-state index contributed by atoms with van der Waals surface area (Å²) in [6, 6.07) is 13.1. The summed E-state index contributed by atoms with van der Waals surface area (Å²) in [5.74, 6) is 0. The standard InChI is InChI=1S/C21H22BrN3O2S2/c1-15-5-3-6-16(2)20(15)19-14-28-21(23-19)24-9-11-25(12-10-24)29(26,27)18-8-4-7-17(22)13-18/h3-8,13-14H,9-12H2,1-2H3. The van der Waals surface area contributed by atoms with Crippen molar-refractivity contribution in [1.82, 2.24) is 9.29 Å². The number of hydrogen-bond donors (Lipinski definition) is 0. The van der Waals surface area contributed by atoms with Crippen LogP contribution < -0.4 is 4.90 Å². The first-order valence-electron chi connectivity index (χ1n) is 9.39. The lowest BCUT2D eigenvalue weighted by Gasteiger charge is -2.33. The van der Waals surface area contributed by atoms with Crippen molar-refractivity contribution in [3.8, 4) is 11.3 Å². The van der Waals surface area contributed by atoms with Crippen LogP contribution in [-0.2, 0) is 10.0 Å². The Morgan fingerprint density at radius 1 is 1.00 bits per heavy atom. The van der Waals surface area contributed by atoms with Crippen molar-refractivity contribution in [2.45, 2.75) is 18.7 Å². The molecule has 0 amide bonds. The van der Waals surface area contributed by atoms with Gasteiger partial charge in [0.1, 0.15) is 0 Å². The zero-order valence-corrected chi connectivity index (χ0v) is 19.5. The second-order valence-corrected chi connectivity index (χ2v) is 10.8. The maximum absolute atomic E-state index is 12.9. The Morgan fingerprint density at radius 3 is 2.31 bits per heavy atom. The Morgan fingerprint density at radius 2 is 1.66 bits per heavy atom. The van der Waals surface area contributed by atoms with Crippen molar-refractivity contribution in [3.05, 3.63) is 63.4 Å². The number of anilines is 1. The van der Waals surface area contributed by atoms with Gasteiger partial charge in [-0.1, -0.05) is 40.2 Å². The fourth-order valence-corrected chi connectivity index (χ4v) is 6.53. The molecule has 2 heterocycles. The average molecular weight is 492 g/mol. The largest absolute Gasteiger partial charge is 0.345 e. The van der Waals surface area contributed by atoms with Crippen molar-refractivity contribution in [1.29, 1.82) is 0 Å². The number of rotatable bonds is 4. The van der Waals surface area contributed by atoms with Crippen LogP contribution in [0.15, 0.2) is 57.2 Å². The van der Waals surface area contributed by atoms with Crippen molar-refractivity contribution < 1.29 is 8.42 Å². The van der Waals surface area contributed by atoms with Crippen molar-refractivity contribution >= 4 is 42.4 Å². The topological polar surface area (TPSA) is 53.5 Å². The third-order valence-corrected chi connectivity index (χ3v) is 8.46. The number of piperazine rings is 1. The monoisotopic (exact) mass is 491 g/mol. The lowest BCUT2D eigenvalue weighted by atomic mass is 10.0. The number of hydrogen-bond acceptors (Lipinski definition) is 5. The maximum Gasteiger partial charge on any atom is 0.243 e. The van der Waals surface area contributed by atoms with Gasteiger partial charge in [0.05, 0.1) is 10.6 Å². The second kappa shape index (κ2) is 8.18. The molecule has 0 aliphatic carbocycles. The number of aryl methyl sites for hydroxylation is 2. The lowest BCUT2D eigenvalue weighted by Crippen LogP contribution is -2.48. The van der Waals surface area contributed by atoms with Crippen LogP contribution in [0.25, 0.3) is 11.3 Å². The molecular weight excluding hydrogens is 470 g/mol.